The fourth-order valence-electron chi connectivity index (χ4n) is 2.44. The molecule has 136 valence electrons. The van der Waals surface area contributed by atoms with Crippen molar-refractivity contribution in [1.29, 1.82) is 0 Å². The zero-order chi connectivity index (χ0) is 18.8. The minimum Gasteiger partial charge on any atom is -0.342 e. The Labute approximate surface area is 148 Å². The summed E-state index contributed by atoms with van der Waals surface area (Å²) in [4.78, 5) is 16.9. The maximum absolute atomic E-state index is 12.6. The molecule has 1 aromatic heterocycles. The van der Waals surface area contributed by atoms with Crippen molar-refractivity contribution in [3.05, 3.63) is 48.0 Å². The molecule has 0 saturated carbocycles. The first-order valence-corrected chi connectivity index (χ1v) is 9.78. The highest BCUT2D eigenvalue weighted by atomic mass is 32.2. The van der Waals surface area contributed by atoms with E-state index < -0.39 is 10.0 Å². The third-order valence-corrected chi connectivity index (χ3v) is 5.29. The zero-order valence-corrected chi connectivity index (χ0v) is 15.9. The van der Waals surface area contributed by atoms with Crippen LogP contribution in [0.1, 0.15) is 36.1 Å². The fourth-order valence-corrected chi connectivity index (χ4v) is 2.95. The van der Waals surface area contributed by atoms with Gasteiger partial charge in [-0.1, -0.05) is 13.8 Å². The second-order valence-corrected chi connectivity index (χ2v) is 8.38. The first kappa shape index (κ1) is 19.0. The third-order valence-electron chi connectivity index (χ3n) is 4.08. The van der Waals surface area contributed by atoms with E-state index in [4.69, 9.17) is 0 Å². The van der Waals surface area contributed by atoms with Gasteiger partial charge in [0.15, 0.2) is 0 Å². The Morgan fingerprint density at radius 2 is 1.84 bits per heavy atom. The number of amides is 1. The molecule has 0 aliphatic rings. The summed E-state index contributed by atoms with van der Waals surface area (Å²) in [6.45, 7) is 4.04. The summed E-state index contributed by atoms with van der Waals surface area (Å²) >= 11 is 0. The van der Waals surface area contributed by atoms with Crippen LogP contribution in [0.25, 0.3) is 0 Å². The van der Waals surface area contributed by atoms with E-state index in [2.05, 4.69) is 10.3 Å². The van der Waals surface area contributed by atoms with Crippen LogP contribution in [0.15, 0.2) is 36.7 Å². The Morgan fingerprint density at radius 3 is 2.28 bits per heavy atom. The summed E-state index contributed by atoms with van der Waals surface area (Å²) in [7, 11) is 0.0292. The van der Waals surface area contributed by atoms with E-state index in [1.165, 1.54) is 11.4 Å². The molecule has 0 aliphatic heterocycles. The van der Waals surface area contributed by atoms with Crippen LogP contribution < -0.4 is 9.62 Å². The zero-order valence-electron chi connectivity index (χ0n) is 15.1. The monoisotopic (exact) mass is 364 g/mol. The summed E-state index contributed by atoms with van der Waals surface area (Å²) in [5, 5.41) is 3.00. The number of sulfonamides is 1. The van der Waals surface area contributed by atoms with Gasteiger partial charge in [0, 0.05) is 32.1 Å². The lowest BCUT2D eigenvalue weighted by Gasteiger charge is -2.22. The molecule has 0 radical (unpaired) electrons. The van der Waals surface area contributed by atoms with Crippen LogP contribution >= 0.6 is 0 Å². The lowest BCUT2D eigenvalue weighted by Crippen LogP contribution is -2.33. The molecule has 1 heterocycles. The number of nitrogens with one attached hydrogen (secondary N) is 1. The predicted molar refractivity (Wildman–Crippen MR) is 97.9 cm³/mol. The second-order valence-electron chi connectivity index (χ2n) is 6.37. The Balaban J connectivity index is 2.19. The van der Waals surface area contributed by atoms with Gasteiger partial charge in [-0.25, -0.2) is 13.4 Å². The Kier molecular flexibility index (Phi) is 5.52. The van der Waals surface area contributed by atoms with Crippen LogP contribution in [0.5, 0.6) is 0 Å². The minimum atomic E-state index is -3.33. The smallest absolute Gasteiger partial charge is 0.251 e. The van der Waals surface area contributed by atoms with Crippen LogP contribution in [-0.2, 0) is 17.1 Å². The number of rotatable bonds is 6. The van der Waals surface area contributed by atoms with Crippen molar-refractivity contribution in [3.63, 3.8) is 0 Å². The average Bonchev–Trinajstić information content (AvgIpc) is 2.96. The number of carbonyl (C=O) groups is 1. The van der Waals surface area contributed by atoms with Crippen molar-refractivity contribution in [1.82, 2.24) is 14.9 Å². The van der Waals surface area contributed by atoms with Crippen LogP contribution in [0.2, 0.25) is 0 Å². The van der Waals surface area contributed by atoms with Gasteiger partial charge in [-0.2, -0.15) is 0 Å². The summed E-state index contributed by atoms with van der Waals surface area (Å²) in [6, 6.07) is 6.23. The van der Waals surface area contributed by atoms with Gasteiger partial charge in [-0.3, -0.25) is 9.10 Å². The van der Waals surface area contributed by atoms with Gasteiger partial charge in [0.1, 0.15) is 5.82 Å². The maximum Gasteiger partial charge on any atom is 0.251 e. The van der Waals surface area contributed by atoms with Crippen molar-refractivity contribution < 1.29 is 13.2 Å². The molecule has 1 unspecified atom stereocenters. The molecule has 2 rings (SSSR count). The highest BCUT2D eigenvalue weighted by Gasteiger charge is 2.22. The van der Waals surface area contributed by atoms with Gasteiger partial charge < -0.3 is 9.88 Å². The summed E-state index contributed by atoms with van der Waals surface area (Å²) < 4.78 is 26.2. The van der Waals surface area contributed by atoms with Crippen LogP contribution in [0, 0.1) is 5.92 Å². The number of carbonyl (C=O) groups excluding carboxylic acids is 1. The number of hydrogen-bond donors (Lipinski definition) is 1. The third kappa shape index (κ3) is 4.39. The number of anilines is 1. The second kappa shape index (κ2) is 7.26. The summed E-state index contributed by atoms with van der Waals surface area (Å²) in [5.74, 6) is 0.729. The quantitative estimate of drug-likeness (QED) is 0.849. The molecule has 1 amide bonds. The molecule has 7 nitrogen and oxygen atoms in total. The molecule has 8 heteroatoms. The van der Waals surface area contributed by atoms with Crippen molar-refractivity contribution in [2.45, 2.75) is 19.9 Å². The number of benzene rings is 1. The SMILES string of the molecule is CC(C)C(NC(=O)c1ccc(N(C)S(C)(=O)=O)cc1)c1nccn1C. The van der Waals surface area contributed by atoms with E-state index >= 15 is 0 Å². The van der Waals surface area contributed by atoms with E-state index in [0.29, 0.717) is 11.3 Å². The highest BCUT2D eigenvalue weighted by molar-refractivity contribution is 7.92. The van der Waals surface area contributed by atoms with Crippen LogP contribution in [-0.4, -0.2) is 37.2 Å². The van der Waals surface area contributed by atoms with E-state index in [1.54, 1.807) is 30.5 Å². The van der Waals surface area contributed by atoms with Gasteiger partial charge in [0.05, 0.1) is 18.0 Å². The molecular formula is C17H24N4O3S. The first-order valence-electron chi connectivity index (χ1n) is 7.93. The largest absolute Gasteiger partial charge is 0.342 e. The molecule has 0 fully saturated rings. The van der Waals surface area contributed by atoms with Gasteiger partial charge in [-0.05, 0) is 30.2 Å². The molecule has 0 spiro atoms. The van der Waals surface area contributed by atoms with Crippen molar-refractivity contribution in [2.75, 3.05) is 17.6 Å². The van der Waals surface area contributed by atoms with Gasteiger partial charge in [0.2, 0.25) is 10.0 Å². The average molecular weight is 364 g/mol. The number of nitrogens with zero attached hydrogens (tertiary/aromatic N) is 3. The van der Waals surface area contributed by atoms with Crippen LogP contribution in [0.3, 0.4) is 0 Å². The number of imidazole rings is 1. The van der Waals surface area contributed by atoms with Crippen LogP contribution in [0.4, 0.5) is 5.69 Å². The molecule has 0 aliphatic carbocycles. The number of aromatic nitrogens is 2. The van der Waals surface area contributed by atoms with E-state index in [0.717, 1.165) is 12.1 Å². The topological polar surface area (TPSA) is 84.3 Å². The van der Waals surface area contributed by atoms with Gasteiger partial charge in [-0.15, -0.1) is 0 Å². The normalized spacial score (nSPS) is 12.9. The molecule has 1 aromatic carbocycles. The Bertz CT molecular complexity index is 841. The summed E-state index contributed by atoms with van der Waals surface area (Å²) in [6.07, 6.45) is 4.67. The maximum atomic E-state index is 12.6. The van der Waals surface area contributed by atoms with E-state index in [9.17, 15) is 13.2 Å². The molecular weight excluding hydrogens is 340 g/mol. The number of aryl methyl sites for hydroxylation is 1. The molecule has 1 atom stereocenters. The van der Waals surface area contributed by atoms with Crippen molar-refractivity contribution in [3.8, 4) is 0 Å². The lowest BCUT2D eigenvalue weighted by molar-refractivity contribution is 0.0922. The van der Waals surface area contributed by atoms with E-state index in [1.807, 2.05) is 31.7 Å². The standard InChI is InChI=1S/C17H24N4O3S/c1-12(2)15(16-18-10-11-20(16)3)19-17(22)13-6-8-14(9-7-13)21(4)25(5,23)24/h6-12,15H,1-5H3,(H,19,22). The summed E-state index contributed by atoms with van der Waals surface area (Å²) in [5.41, 5.74) is 0.967. The Hall–Kier alpha value is -2.35. The molecule has 0 saturated heterocycles. The molecule has 1 N–H and O–H groups in total. The van der Waals surface area contributed by atoms with Gasteiger partial charge >= 0.3 is 0 Å². The molecule has 2 aromatic rings. The Morgan fingerprint density at radius 1 is 1.24 bits per heavy atom. The van der Waals surface area contributed by atoms with Crippen molar-refractivity contribution >= 4 is 21.6 Å². The highest BCUT2D eigenvalue weighted by Crippen LogP contribution is 2.21. The van der Waals surface area contributed by atoms with Crippen molar-refractivity contribution in [2.24, 2.45) is 13.0 Å². The number of hydrogen-bond acceptors (Lipinski definition) is 4. The van der Waals surface area contributed by atoms with E-state index in [-0.39, 0.29) is 17.9 Å². The molecule has 0 bridgehead atoms. The first-order chi connectivity index (χ1) is 11.6. The molecule has 25 heavy (non-hydrogen) atoms. The predicted octanol–water partition coefficient (Wildman–Crippen LogP) is 1.94. The minimum absolute atomic E-state index is 0.167. The lowest BCUT2D eigenvalue weighted by atomic mass is 10.0. The van der Waals surface area contributed by atoms with Gasteiger partial charge in [0.25, 0.3) is 5.91 Å². The fraction of sp³-hybridized carbons (Fsp3) is 0.412.